The van der Waals surface area contributed by atoms with E-state index in [4.69, 9.17) is 16.3 Å². The molecule has 1 heterocycles. The Labute approximate surface area is 144 Å². The molecule has 0 radical (unpaired) electrons. The third kappa shape index (κ3) is 5.08. The van der Waals surface area contributed by atoms with E-state index in [2.05, 4.69) is 5.32 Å². The summed E-state index contributed by atoms with van der Waals surface area (Å²) in [4.78, 5) is 23.7. The van der Waals surface area contributed by atoms with Crippen molar-refractivity contribution in [1.82, 2.24) is 5.32 Å². The van der Waals surface area contributed by atoms with Crippen molar-refractivity contribution in [3.05, 3.63) is 56.7 Å². The van der Waals surface area contributed by atoms with Gasteiger partial charge in [0.15, 0.2) is 6.29 Å². The van der Waals surface area contributed by atoms with Gasteiger partial charge in [-0.25, -0.2) is 4.79 Å². The fourth-order valence-corrected chi connectivity index (χ4v) is 2.99. The third-order valence-electron chi connectivity index (χ3n) is 2.93. The topological polar surface area (TPSA) is 55.4 Å². The molecule has 1 aromatic carbocycles. The van der Waals surface area contributed by atoms with E-state index in [1.54, 1.807) is 39.0 Å². The van der Waals surface area contributed by atoms with Crippen molar-refractivity contribution in [3.63, 3.8) is 0 Å². The van der Waals surface area contributed by atoms with E-state index >= 15 is 0 Å². The minimum atomic E-state index is -0.592. The molecule has 6 heteroatoms. The van der Waals surface area contributed by atoms with Crippen LogP contribution in [0, 0.1) is 0 Å². The van der Waals surface area contributed by atoms with Gasteiger partial charge in [0.1, 0.15) is 5.60 Å². The van der Waals surface area contributed by atoms with E-state index in [1.807, 2.05) is 17.5 Å². The number of thiophene rings is 1. The monoisotopic (exact) mass is 351 g/mol. The zero-order valence-corrected chi connectivity index (χ0v) is 14.7. The Hall–Kier alpha value is -1.85. The number of alkyl carbamates (subject to hydrolysis) is 1. The van der Waals surface area contributed by atoms with E-state index in [-0.39, 0.29) is 0 Å². The van der Waals surface area contributed by atoms with Crippen LogP contribution in [-0.2, 0) is 4.74 Å². The van der Waals surface area contributed by atoms with Gasteiger partial charge in [-0.2, -0.15) is 0 Å². The molecule has 0 fully saturated rings. The quantitative estimate of drug-likeness (QED) is 0.803. The number of halogens is 1. The van der Waals surface area contributed by atoms with Crippen LogP contribution in [0.4, 0.5) is 4.79 Å². The SMILES string of the molecule is CC(C)(C)OC(=O)N[C@H](c1cccc(Cl)c1)c1csc(C=O)c1. The highest BCUT2D eigenvalue weighted by Crippen LogP contribution is 2.28. The van der Waals surface area contributed by atoms with Gasteiger partial charge in [0.25, 0.3) is 0 Å². The number of hydrogen-bond donors (Lipinski definition) is 1. The Morgan fingerprint density at radius 1 is 1.30 bits per heavy atom. The Kier molecular flexibility index (Phi) is 5.44. The van der Waals surface area contributed by atoms with Gasteiger partial charge in [-0.05, 0) is 55.5 Å². The van der Waals surface area contributed by atoms with Gasteiger partial charge in [0, 0.05) is 5.02 Å². The number of rotatable bonds is 4. The van der Waals surface area contributed by atoms with Crippen molar-refractivity contribution in [2.24, 2.45) is 0 Å². The lowest BCUT2D eigenvalue weighted by molar-refractivity contribution is 0.0512. The van der Waals surface area contributed by atoms with Gasteiger partial charge >= 0.3 is 6.09 Å². The molecule has 1 amide bonds. The zero-order chi connectivity index (χ0) is 17.0. The minimum Gasteiger partial charge on any atom is -0.444 e. The summed E-state index contributed by atoms with van der Waals surface area (Å²) >= 11 is 7.38. The molecule has 0 aliphatic heterocycles. The van der Waals surface area contributed by atoms with Crippen LogP contribution < -0.4 is 5.32 Å². The largest absolute Gasteiger partial charge is 0.444 e. The molecular formula is C17H18ClNO3S. The molecule has 0 unspecified atom stereocenters. The van der Waals surface area contributed by atoms with Crippen molar-refractivity contribution in [2.75, 3.05) is 0 Å². The van der Waals surface area contributed by atoms with Gasteiger partial charge < -0.3 is 10.1 Å². The maximum absolute atomic E-state index is 12.1. The summed E-state index contributed by atoms with van der Waals surface area (Å²) in [6.07, 6.45) is 0.262. The standard InChI is InChI=1S/C17H18ClNO3S/c1-17(2,3)22-16(21)19-15(11-5-4-6-13(18)7-11)12-8-14(9-20)23-10-12/h4-10,15H,1-3H3,(H,19,21)/t15-/m1/s1. The van der Waals surface area contributed by atoms with Gasteiger partial charge in [-0.15, -0.1) is 11.3 Å². The molecule has 4 nitrogen and oxygen atoms in total. The normalized spacial score (nSPS) is 12.5. The first-order valence-corrected chi connectivity index (χ1v) is 8.33. The van der Waals surface area contributed by atoms with E-state index in [0.29, 0.717) is 9.90 Å². The van der Waals surface area contributed by atoms with Crippen molar-refractivity contribution >= 4 is 35.3 Å². The molecule has 0 spiro atoms. The van der Waals surface area contributed by atoms with Crippen molar-refractivity contribution in [3.8, 4) is 0 Å². The number of amides is 1. The Bertz CT molecular complexity index is 706. The van der Waals surface area contributed by atoms with Crippen LogP contribution in [0.25, 0.3) is 0 Å². The first kappa shape index (κ1) is 17.5. The van der Waals surface area contributed by atoms with E-state index in [0.717, 1.165) is 17.4 Å². The molecule has 2 rings (SSSR count). The average molecular weight is 352 g/mol. The van der Waals surface area contributed by atoms with Gasteiger partial charge in [-0.1, -0.05) is 23.7 Å². The summed E-state index contributed by atoms with van der Waals surface area (Å²) < 4.78 is 5.33. The third-order valence-corrected chi connectivity index (χ3v) is 4.04. The zero-order valence-electron chi connectivity index (χ0n) is 13.1. The predicted octanol–water partition coefficient (Wildman–Crippen LogP) is 4.83. The van der Waals surface area contributed by atoms with Crippen LogP contribution in [0.5, 0.6) is 0 Å². The summed E-state index contributed by atoms with van der Waals surface area (Å²) in [5.41, 5.74) is 1.04. The molecular weight excluding hydrogens is 334 g/mol. The Balaban J connectivity index is 2.31. The first-order chi connectivity index (χ1) is 10.8. The van der Waals surface area contributed by atoms with E-state index in [1.165, 1.54) is 11.3 Å². The summed E-state index contributed by atoms with van der Waals surface area (Å²) in [7, 11) is 0. The lowest BCUT2D eigenvalue weighted by Crippen LogP contribution is -2.35. The Morgan fingerprint density at radius 2 is 2.04 bits per heavy atom. The highest BCUT2D eigenvalue weighted by atomic mass is 35.5. The second kappa shape index (κ2) is 7.15. The molecule has 0 bridgehead atoms. The highest BCUT2D eigenvalue weighted by Gasteiger charge is 2.22. The molecule has 0 saturated heterocycles. The molecule has 0 saturated carbocycles. The number of ether oxygens (including phenoxy) is 1. The molecule has 1 N–H and O–H groups in total. The van der Waals surface area contributed by atoms with Crippen LogP contribution in [0.2, 0.25) is 5.02 Å². The molecule has 0 aliphatic carbocycles. The number of carbonyl (C=O) groups is 2. The molecule has 122 valence electrons. The fraction of sp³-hybridized carbons (Fsp3) is 0.294. The van der Waals surface area contributed by atoms with Crippen molar-refractivity contribution in [1.29, 1.82) is 0 Å². The first-order valence-electron chi connectivity index (χ1n) is 7.07. The molecule has 2 aromatic rings. The van der Waals surface area contributed by atoms with Crippen LogP contribution >= 0.6 is 22.9 Å². The second-order valence-corrected chi connectivity index (χ2v) is 7.41. The maximum Gasteiger partial charge on any atom is 0.408 e. The molecule has 23 heavy (non-hydrogen) atoms. The number of carbonyl (C=O) groups excluding carboxylic acids is 2. The lowest BCUT2D eigenvalue weighted by Gasteiger charge is -2.23. The van der Waals surface area contributed by atoms with Crippen LogP contribution in [0.3, 0.4) is 0 Å². The minimum absolute atomic E-state index is 0.437. The van der Waals surface area contributed by atoms with E-state index < -0.39 is 17.7 Å². The maximum atomic E-state index is 12.1. The Morgan fingerprint density at radius 3 is 2.61 bits per heavy atom. The van der Waals surface area contributed by atoms with Crippen molar-refractivity contribution in [2.45, 2.75) is 32.4 Å². The predicted molar refractivity (Wildman–Crippen MR) is 92.4 cm³/mol. The number of benzene rings is 1. The summed E-state index contributed by atoms with van der Waals surface area (Å²) in [5.74, 6) is 0. The number of aldehydes is 1. The average Bonchev–Trinajstić information content (AvgIpc) is 2.91. The van der Waals surface area contributed by atoms with Crippen molar-refractivity contribution < 1.29 is 14.3 Å². The van der Waals surface area contributed by atoms with Gasteiger partial charge in [0.2, 0.25) is 0 Å². The fourth-order valence-electron chi connectivity index (χ4n) is 2.05. The molecule has 0 aliphatic rings. The van der Waals surface area contributed by atoms with E-state index in [9.17, 15) is 9.59 Å². The summed E-state index contributed by atoms with van der Waals surface area (Å²) in [6, 6.07) is 8.54. The lowest BCUT2D eigenvalue weighted by atomic mass is 10.0. The van der Waals surface area contributed by atoms with Crippen LogP contribution in [-0.4, -0.2) is 18.0 Å². The summed E-state index contributed by atoms with van der Waals surface area (Å²) in [6.45, 7) is 5.40. The number of hydrogen-bond acceptors (Lipinski definition) is 4. The van der Waals surface area contributed by atoms with Crippen LogP contribution in [0.15, 0.2) is 35.7 Å². The smallest absolute Gasteiger partial charge is 0.408 e. The van der Waals surface area contributed by atoms with Gasteiger partial charge in [-0.3, -0.25) is 4.79 Å². The molecule has 1 atom stereocenters. The second-order valence-electron chi connectivity index (χ2n) is 6.03. The highest BCUT2D eigenvalue weighted by molar-refractivity contribution is 7.11. The molecule has 1 aromatic heterocycles. The number of nitrogens with one attached hydrogen (secondary N) is 1. The summed E-state index contributed by atoms with van der Waals surface area (Å²) in [5, 5.41) is 5.26. The van der Waals surface area contributed by atoms with Gasteiger partial charge in [0.05, 0.1) is 10.9 Å². The van der Waals surface area contributed by atoms with Crippen LogP contribution in [0.1, 0.15) is 47.6 Å².